The molecule has 21 heavy (non-hydrogen) atoms. The fraction of sp³-hybridized carbons (Fsp3) is 0.0667. The Balaban J connectivity index is 1.84. The Kier molecular flexibility index (Phi) is 3.27. The first-order valence-electron chi connectivity index (χ1n) is 6.39. The van der Waals surface area contributed by atoms with Crippen LogP contribution in [0.5, 0.6) is 0 Å². The Morgan fingerprint density at radius 1 is 1.38 bits per heavy atom. The van der Waals surface area contributed by atoms with Crippen LogP contribution in [0.1, 0.15) is 15.9 Å². The lowest BCUT2D eigenvalue weighted by Crippen LogP contribution is -2.12. The van der Waals surface area contributed by atoms with E-state index in [2.05, 4.69) is 15.3 Å². The summed E-state index contributed by atoms with van der Waals surface area (Å²) in [5.41, 5.74) is 7.44. The summed E-state index contributed by atoms with van der Waals surface area (Å²) in [7, 11) is 0. The van der Waals surface area contributed by atoms with E-state index < -0.39 is 11.7 Å². The molecule has 0 aliphatic heterocycles. The largest absolute Gasteiger partial charge is 0.378 e. The van der Waals surface area contributed by atoms with Crippen LogP contribution >= 0.6 is 0 Å². The van der Waals surface area contributed by atoms with E-state index in [4.69, 9.17) is 5.73 Å². The summed E-state index contributed by atoms with van der Waals surface area (Å²) in [5.74, 6) is -1.02. The van der Waals surface area contributed by atoms with Gasteiger partial charge in [-0.1, -0.05) is 0 Å². The molecule has 5 nitrogen and oxygen atoms in total. The molecule has 0 bridgehead atoms. The number of amides is 1. The minimum atomic E-state index is -0.589. The molecule has 0 aliphatic carbocycles. The van der Waals surface area contributed by atoms with Gasteiger partial charge in [0, 0.05) is 29.9 Å². The average Bonchev–Trinajstić information content (AvgIpc) is 2.89. The number of aromatic amines is 1. The number of carbonyl (C=O) groups is 1. The summed E-state index contributed by atoms with van der Waals surface area (Å²) in [6.07, 6.45) is 3.52. The Labute approximate surface area is 120 Å². The highest BCUT2D eigenvalue weighted by atomic mass is 19.1. The fourth-order valence-electron chi connectivity index (χ4n) is 2.16. The maximum atomic E-state index is 13.7. The molecule has 0 unspecified atom stereocenters. The SMILES string of the molecule is NC(=O)c1ccc(F)c(NCc2c[nH]c3ncccc23)c1. The Hall–Kier alpha value is -2.89. The van der Waals surface area contributed by atoms with Crippen LogP contribution < -0.4 is 11.1 Å². The van der Waals surface area contributed by atoms with Gasteiger partial charge in [0.2, 0.25) is 5.91 Å². The van der Waals surface area contributed by atoms with Crippen molar-refractivity contribution >= 4 is 22.6 Å². The summed E-state index contributed by atoms with van der Waals surface area (Å²) in [6.45, 7) is 0.408. The molecule has 0 atom stereocenters. The number of pyridine rings is 1. The van der Waals surface area contributed by atoms with Crippen LogP contribution in [0.3, 0.4) is 0 Å². The van der Waals surface area contributed by atoms with E-state index in [1.807, 2.05) is 18.3 Å². The number of hydrogen-bond acceptors (Lipinski definition) is 3. The third kappa shape index (κ3) is 2.55. The van der Waals surface area contributed by atoms with Gasteiger partial charge in [-0.05, 0) is 35.9 Å². The zero-order chi connectivity index (χ0) is 14.8. The van der Waals surface area contributed by atoms with Crippen molar-refractivity contribution in [3.63, 3.8) is 0 Å². The van der Waals surface area contributed by atoms with Gasteiger partial charge in [-0.25, -0.2) is 9.37 Å². The van der Waals surface area contributed by atoms with Crippen LogP contribution in [0, 0.1) is 5.82 Å². The number of rotatable bonds is 4. The van der Waals surface area contributed by atoms with E-state index in [0.717, 1.165) is 16.6 Å². The second-order valence-corrected chi connectivity index (χ2v) is 4.63. The van der Waals surface area contributed by atoms with E-state index >= 15 is 0 Å². The number of H-pyrrole nitrogens is 1. The van der Waals surface area contributed by atoms with Crippen LogP contribution in [-0.4, -0.2) is 15.9 Å². The molecule has 0 aliphatic rings. The minimum Gasteiger partial charge on any atom is -0.378 e. The first kappa shape index (κ1) is 13.1. The van der Waals surface area contributed by atoms with E-state index in [1.165, 1.54) is 18.2 Å². The number of aromatic nitrogens is 2. The van der Waals surface area contributed by atoms with Crippen LogP contribution in [0.25, 0.3) is 11.0 Å². The smallest absolute Gasteiger partial charge is 0.248 e. The van der Waals surface area contributed by atoms with E-state index in [9.17, 15) is 9.18 Å². The van der Waals surface area contributed by atoms with Crippen molar-refractivity contribution in [2.75, 3.05) is 5.32 Å². The zero-order valence-electron chi connectivity index (χ0n) is 11.1. The molecule has 0 saturated heterocycles. The highest BCUT2D eigenvalue weighted by molar-refractivity contribution is 5.93. The second-order valence-electron chi connectivity index (χ2n) is 4.63. The van der Waals surface area contributed by atoms with Crippen molar-refractivity contribution in [3.05, 3.63) is 59.7 Å². The Morgan fingerprint density at radius 3 is 3.05 bits per heavy atom. The Bertz CT molecular complexity index is 812. The van der Waals surface area contributed by atoms with Gasteiger partial charge < -0.3 is 16.0 Å². The summed E-state index contributed by atoms with van der Waals surface area (Å²) < 4.78 is 13.7. The quantitative estimate of drug-likeness (QED) is 0.688. The number of fused-ring (bicyclic) bond motifs is 1. The summed E-state index contributed by atoms with van der Waals surface area (Å²) in [5, 5.41) is 3.94. The molecule has 0 saturated carbocycles. The number of primary amides is 1. The molecular formula is C15H13FN4O. The predicted molar refractivity (Wildman–Crippen MR) is 78.3 cm³/mol. The molecule has 0 radical (unpaired) electrons. The molecule has 2 heterocycles. The lowest BCUT2D eigenvalue weighted by molar-refractivity contribution is 0.100. The first-order chi connectivity index (χ1) is 10.1. The van der Waals surface area contributed by atoms with Gasteiger partial charge in [-0.2, -0.15) is 0 Å². The van der Waals surface area contributed by atoms with E-state index in [1.54, 1.807) is 6.20 Å². The zero-order valence-corrected chi connectivity index (χ0v) is 11.1. The number of benzene rings is 1. The highest BCUT2D eigenvalue weighted by Crippen LogP contribution is 2.20. The van der Waals surface area contributed by atoms with Crippen molar-refractivity contribution < 1.29 is 9.18 Å². The number of nitrogens with two attached hydrogens (primary N) is 1. The molecular weight excluding hydrogens is 271 g/mol. The van der Waals surface area contributed by atoms with Crippen molar-refractivity contribution in [2.45, 2.75) is 6.54 Å². The molecule has 2 aromatic heterocycles. The van der Waals surface area contributed by atoms with Crippen molar-refractivity contribution in [3.8, 4) is 0 Å². The van der Waals surface area contributed by atoms with Gasteiger partial charge in [0.15, 0.2) is 0 Å². The minimum absolute atomic E-state index is 0.240. The van der Waals surface area contributed by atoms with Gasteiger partial charge in [-0.15, -0.1) is 0 Å². The number of carbonyl (C=O) groups excluding carboxylic acids is 1. The fourth-order valence-corrected chi connectivity index (χ4v) is 2.16. The normalized spacial score (nSPS) is 10.7. The van der Waals surface area contributed by atoms with Crippen LogP contribution in [0.15, 0.2) is 42.7 Å². The lowest BCUT2D eigenvalue weighted by Gasteiger charge is -2.08. The lowest BCUT2D eigenvalue weighted by atomic mass is 10.1. The number of nitrogens with one attached hydrogen (secondary N) is 2. The van der Waals surface area contributed by atoms with Crippen LogP contribution in [0.2, 0.25) is 0 Å². The molecule has 1 aromatic carbocycles. The molecule has 4 N–H and O–H groups in total. The van der Waals surface area contributed by atoms with Crippen LogP contribution in [0.4, 0.5) is 10.1 Å². The average molecular weight is 284 g/mol. The molecule has 3 rings (SSSR count). The number of anilines is 1. The van der Waals surface area contributed by atoms with E-state index in [-0.39, 0.29) is 11.3 Å². The molecule has 0 fully saturated rings. The monoisotopic (exact) mass is 284 g/mol. The Morgan fingerprint density at radius 2 is 2.24 bits per heavy atom. The third-order valence-corrected chi connectivity index (χ3v) is 3.26. The molecule has 106 valence electrons. The number of hydrogen-bond donors (Lipinski definition) is 3. The summed E-state index contributed by atoms with van der Waals surface area (Å²) >= 11 is 0. The third-order valence-electron chi connectivity index (χ3n) is 3.26. The van der Waals surface area contributed by atoms with Crippen LogP contribution in [-0.2, 0) is 6.54 Å². The second kappa shape index (κ2) is 5.24. The predicted octanol–water partition coefficient (Wildman–Crippen LogP) is 2.41. The van der Waals surface area contributed by atoms with Crippen molar-refractivity contribution in [1.82, 2.24) is 9.97 Å². The van der Waals surface area contributed by atoms with Crippen molar-refractivity contribution in [2.24, 2.45) is 5.73 Å². The molecule has 3 aromatic rings. The van der Waals surface area contributed by atoms with Gasteiger partial charge in [0.25, 0.3) is 0 Å². The van der Waals surface area contributed by atoms with Gasteiger partial charge >= 0.3 is 0 Å². The number of halogens is 1. The van der Waals surface area contributed by atoms with Gasteiger partial charge in [0.05, 0.1) is 5.69 Å². The molecule has 6 heteroatoms. The maximum absolute atomic E-state index is 13.7. The maximum Gasteiger partial charge on any atom is 0.248 e. The topological polar surface area (TPSA) is 83.8 Å². The highest BCUT2D eigenvalue weighted by Gasteiger charge is 2.08. The van der Waals surface area contributed by atoms with Gasteiger partial charge in [0.1, 0.15) is 11.5 Å². The van der Waals surface area contributed by atoms with Gasteiger partial charge in [-0.3, -0.25) is 4.79 Å². The summed E-state index contributed by atoms with van der Waals surface area (Å²) in [4.78, 5) is 18.4. The van der Waals surface area contributed by atoms with E-state index in [0.29, 0.717) is 6.54 Å². The molecule has 1 amide bonds. The first-order valence-corrected chi connectivity index (χ1v) is 6.39. The standard InChI is InChI=1S/C15H13FN4O/c16-12-4-3-9(14(17)21)6-13(12)19-7-10-8-20-15-11(10)2-1-5-18-15/h1-6,8,19H,7H2,(H2,17,21)(H,18,20). The summed E-state index contributed by atoms with van der Waals surface area (Å²) in [6, 6.07) is 7.77. The van der Waals surface area contributed by atoms with Crippen molar-refractivity contribution in [1.29, 1.82) is 0 Å². The number of nitrogens with zero attached hydrogens (tertiary/aromatic N) is 1. The molecule has 0 spiro atoms.